The number of sulfonamides is 1. The smallest absolute Gasteiger partial charge is 0.271 e. The van der Waals surface area contributed by atoms with E-state index in [0.29, 0.717) is 39.9 Å². The largest absolute Gasteiger partial charge is 0.493 e. The van der Waals surface area contributed by atoms with E-state index in [1.54, 1.807) is 42.5 Å². The number of benzene rings is 4. The van der Waals surface area contributed by atoms with Crippen molar-refractivity contribution in [3.8, 4) is 11.5 Å². The molecule has 8 nitrogen and oxygen atoms in total. The number of nitrogens with one attached hydrogen (secondary N) is 2. The fourth-order valence-electron chi connectivity index (χ4n) is 3.48. The third-order valence-electron chi connectivity index (χ3n) is 5.61. The first-order chi connectivity index (χ1) is 18.7. The molecule has 10 heteroatoms. The molecule has 0 saturated heterocycles. The Hall–Kier alpha value is -4.34. The topological polar surface area (TPSA) is 106 Å². The van der Waals surface area contributed by atoms with Gasteiger partial charge in [-0.3, -0.25) is 9.52 Å². The molecule has 0 aliphatic rings. The first-order valence-corrected chi connectivity index (χ1v) is 13.7. The Morgan fingerprint density at radius 2 is 1.62 bits per heavy atom. The number of hydrazone groups is 1. The molecule has 0 spiro atoms. The molecule has 0 heterocycles. The molecule has 200 valence electrons. The van der Waals surface area contributed by atoms with Crippen LogP contribution in [-0.2, 0) is 16.6 Å². The maximum Gasteiger partial charge on any atom is 0.271 e. The van der Waals surface area contributed by atoms with Gasteiger partial charge in [0.25, 0.3) is 15.9 Å². The number of methoxy groups -OCH3 is 1. The Labute approximate surface area is 232 Å². The molecule has 0 aliphatic heterocycles. The summed E-state index contributed by atoms with van der Waals surface area (Å²) in [6.07, 6.45) is 1.48. The van der Waals surface area contributed by atoms with E-state index < -0.39 is 15.9 Å². The van der Waals surface area contributed by atoms with Crippen LogP contribution in [0.1, 0.15) is 27.0 Å². The fourth-order valence-corrected chi connectivity index (χ4v) is 4.66. The van der Waals surface area contributed by atoms with Gasteiger partial charge in [0.15, 0.2) is 11.5 Å². The van der Waals surface area contributed by atoms with Crippen LogP contribution in [0.3, 0.4) is 0 Å². The van der Waals surface area contributed by atoms with Crippen LogP contribution in [0.5, 0.6) is 11.5 Å². The molecule has 0 atom stereocenters. The van der Waals surface area contributed by atoms with E-state index in [-0.39, 0.29) is 4.90 Å². The second-order valence-corrected chi connectivity index (χ2v) is 10.6. The summed E-state index contributed by atoms with van der Waals surface area (Å²) in [5, 5.41) is 4.67. The average Bonchev–Trinajstić information content (AvgIpc) is 2.93. The van der Waals surface area contributed by atoms with Crippen LogP contribution in [0.2, 0.25) is 5.02 Å². The summed E-state index contributed by atoms with van der Waals surface area (Å²) in [6, 6.07) is 25.2. The van der Waals surface area contributed by atoms with Gasteiger partial charge in [0.05, 0.1) is 18.2 Å². The van der Waals surface area contributed by atoms with E-state index >= 15 is 0 Å². The molecule has 4 aromatic carbocycles. The van der Waals surface area contributed by atoms with Crippen molar-refractivity contribution in [2.75, 3.05) is 11.8 Å². The maximum absolute atomic E-state index is 12.6. The number of nitrogens with zero attached hydrogens (tertiary/aromatic N) is 1. The monoisotopic (exact) mass is 563 g/mol. The van der Waals surface area contributed by atoms with Crippen LogP contribution in [0.15, 0.2) is 101 Å². The lowest BCUT2D eigenvalue weighted by Gasteiger charge is -2.11. The Bertz CT molecular complexity index is 1570. The summed E-state index contributed by atoms with van der Waals surface area (Å²) in [6.45, 7) is 2.23. The molecule has 4 aromatic rings. The first kappa shape index (κ1) is 27.7. The van der Waals surface area contributed by atoms with Crippen molar-refractivity contribution in [3.05, 3.63) is 118 Å². The Morgan fingerprint density at radius 3 is 2.28 bits per heavy atom. The zero-order chi connectivity index (χ0) is 27.8. The minimum absolute atomic E-state index is 0.155. The lowest BCUT2D eigenvalue weighted by atomic mass is 10.2. The van der Waals surface area contributed by atoms with Gasteiger partial charge in [0, 0.05) is 16.3 Å². The molecule has 0 unspecified atom stereocenters. The van der Waals surface area contributed by atoms with Crippen molar-refractivity contribution in [1.82, 2.24) is 5.43 Å². The van der Waals surface area contributed by atoms with E-state index in [1.165, 1.54) is 49.7 Å². The molecule has 0 aliphatic carbocycles. The van der Waals surface area contributed by atoms with Crippen molar-refractivity contribution < 1.29 is 22.7 Å². The summed E-state index contributed by atoms with van der Waals surface area (Å²) in [5.41, 5.74) is 5.72. The summed E-state index contributed by atoms with van der Waals surface area (Å²) in [7, 11) is -2.20. The van der Waals surface area contributed by atoms with Gasteiger partial charge in [-0.15, -0.1) is 0 Å². The number of anilines is 1. The number of halogens is 1. The van der Waals surface area contributed by atoms with Gasteiger partial charge in [0.1, 0.15) is 6.61 Å². The van der Waals surface area contributed by atoms with E-state index in [2.05, 4.69) is 15.2 Å². The van der Waals surface area contributed by atoms with Gasteiger partial charge in [-0.2, -0.15) is 5.10 Å². The highest BCUT2D eigenvalue weighted by molar-refractivity contribution is 7.92. The van der Waals surface area contributed by atoms with Crippen LogP contribution >= 0.6 is 11.6 Å². The molecule has 0 fully saturated rings. The summed E-state index contributed by atoms with van der Waals surface area (Å²) in [4.78, 5) is 12.6. The highest BCUT2D eigenvalue weighted by Gasteiger charge is 2.14. The third-order valence-corrected chi connectivity index (χ3v) is 7.25. The lowest BCUT2D eigenvalue weighted by Crippen LogP contribution is -2.18. The number of amides is 1. The molecule has 39 heavy (non-hydrogen) atoms. The lowest BCUT2D eigenvalue weighted by molar-refractivity contribution is 0.0955. The van der Waals surface area contributed by atoms with Gasteiger partial charge in [-0.25, -0.2) is 13.8 Å². The van der Waals surface area contributed by atoms with E-state index in [4.69, 9.17) is 21.1 Å². The summed E-state index contributed by atoms with van der Waals surface area (Å²) < 4.78 is 38.9. The standard InChI is InChI=1S/C29H26ClN3O5S/c1-20-3-14-26(15-4-20)39(35,36)33-25-12-8-23(9-13-25)29(34)32-31-18-22-7-16-27(28(17-22)37-2)38-19-21-5-10-24(30)11-6-21/h3-18,33H,19H2,1-2H3,(H,32,34). The van der Waals surface area contributed by atoms with Gasteiger partial charge in [-0.05, 0) is 84.8 Å². The number of ether oxygens (including phenoxy) is 2. The molecular weight excluding hydrogens is 538 g/mol. The normalized spacial score (nSPS) is 11.3. The predicted octanol–water partition coefficient (Wildman–Crippen LogP) is 5.80. The minimum atomic E-state index is -3.73. The molecule has 0 saturated carbocycles. The Morgan fingerprint density at radius 1 is 0.923 bits per heavy atom. The molecule has 1 amide bonds. The van der Waals surface area contributed by atoms with Crippen LogP contribution in [0.25, 0.3) is 0 Å². The highest BCUT2D eigenvalue weighted by atomic mass is 35.5. The van der Waals surface area contributed by atoms with Crippen molar-refractivity contribution in [3.63, 3.8) is 0 Å². The van der Waals surface area contributed by atoms with Crippen molar-refractivity contribution >= 4 is 39.4 Å². The maximum atomic E-state index is 12.6. The van der Waals surface area contributed by atoms with Gasteiger partial charge in [-0.1, -0.05) is 41.4 Å². The minimum Gasteiger partial charge on any atom is -0.493 e. The molecule has 0 radical (unpaired) electrons. The third kappa shape index (κ3) is 7.59. The van der Waals surface area contributed by atoms with Gasteiger partial charge < -0.3 is 9.47 Å². The van der Waals surface area contributed by atoms with E-state index in [9.17, 15) is 13.2 Å². The summed E-state index contributed by atoms with van der Waals surface area (Å²) in [5.74, 6) is 0.628. The van der Waals surface area contributed by atoms with E-state index in [1.807, 2.05) is 19.1 Å². The fraction of sp³-hybridized carbons (Fsp3) is 0.103. The van der Waals surface area contributed by atoms with Crippen LogP contribution in [-0.4, -0.2) is 27.6 Å². The number of aryl methyl sites for hydroxylation is 1. The number of carbonyl (C=O) groups is 1. The van der Waals surface area contributed by atoms with E-state index in [0.717, 1.165) is 11.1 Å². The Kier molecular flexibility index (Phi) is 8.85. The molecule has 4 rings (SSSR count). The zero-order valence-corrected chi connectivity index (χ0v) is 22.8. The number of carbonyl (C=O) groups excluding carboxylic acids is 1. The SMILES string of the molecule is COc1cc(C=NNC(=O)c2ccc(NS(=O)(=O)c3ccc(C)cc3)cc2)ccc1OCc1ccc(Cl)cc1. The van der Waals surface area contributed by atoms with Crippen molar-refractivity contribution in [2.24, 2.45) is 5.10 Å². The number of rotatable bonds is 10. The molecular formula is C29H26ClN3O5S. The van der Waals surface area contributed by atoms with Crippen molar-refractivity contribution in [2.45, 2.75) is 18.4 Å². The second-order valence-electron chi connectivity index (χ2n) is 8.52. The van der Waals surface area contributed by atoms with Crippen LogP contribution in [0.4, 0.5) is 5.69 Å². The summed E-state index contributed by atoms with van der Waals surface area (Å²) >= 11 is 5.92. The number of hydrogen-bond donors (Lipinski definition) is 2. The predicted molar refractivity (Wildman–Crippen MR) is 152 cm³/mol. The highest BCUT2D eigenvalue weighted by Crippen LogP contribution is 2.28. The van der Waals surface area contributed by atoms with Gasteiger partial charge in [0.2, 0.25) is 0 Å². The Balaban J connectivity index is 1.33. The average molecular weight is 564 g/mol. The number of hydrogen-bond acceptors (Lipinski definition) is 6. The van der Waals surface area contributed by atoms with Gasteiger partial charge >= 0.3 is 0 Å². The van der Waals surface area contributed by atoms with Crippen molar-refractivity contribution in [1.29, 1.82) is 0 Å². The quantitative estimate of drug-likeness (QED) is 0.187. The second kappa shape index (κ2) is 12.5. The van der Waals surface area contributed by atoms with Crippen LogP contribution < -0.4 is 19.6 Å². The molecule has 0 aromatic heterocycles. The first-order valence-electron chi connectivity index (χ1n) is 11.8. The molecule has 2 N–H and O–H groups in total. The van der Waals surface area contributed by atoms with Crippen LogP contribution in [0, 0.1) is 6.92 Å². The zero-order valence-electron chi connectivity index (χ0n) is 21.2. The molecule has 0 bridgehead atoms.